The van der Waals surface area contributed by atoms with Crippen LogP contribution in [-0.4, -0.2) is 65.0 Å². The SMILES string of the molecule is COc1cc2c(cnn2Cc2cnc[nH]2)c(C(CCc2cccc(Cl)c2C)N2CCNCC2)c1OC. The summed E-state index contributed by atoms with van der Waals surface area (Å²) in [5, 5.41) is 10.1. The van der Waals surface area contributed by atoms with E-state index in [4.69, 9.17) is 26.2 Å². The van der Waals surface area contributed by atoms with Crippen LogP contribution < -0.4 is 14.8 Å². The van der Waals surface area contributed by atoms with Crippen molar-refractivity contribution in [3.05, 3.63) is 70.4 Å². The molecule has 8 nitrogen and oxygen atoms in total. The molecule has 0 bridgehead atoms. The number of aromatic amines is 1. The van der Waals surface area contributed by atoms with Gasteiger partial charge in [0, 0.05) is 60.5 Å². The molecule has 0 aliphatic carbocycles. The first kappa shape index (κ1) is 24.6. The number of H-pyrrole nitrogens is 1. The molecule has 2 N–H and O–H groups in total. The quantitative estimate of drug-likeness (QED) is 0.349. The van der Waals surface area contributed by atoms with Crippen molar-refractivity contribution in [1.29, 1.82) is 0 Å². The fourth-order valence-electron chi connectivity index (χ4n) is 5.27. The van der Waals surface area contributed by atoms with E-state index in [-0.39, 0.29) is 6.04 Å². The van der Waals surface area contributed by atoms with E-state index in [1.165, 1.54) is 5.56 Å². The number of hydrogen-bond acceptors (Lipinski definition) is 6. The molecule has 9 heteroatoms. The Morgan fingerprint density at radius 2 is 1.97 bits per heavy atom. The number of piperazine rings is 1. The molecule has 2 aromatic carbocycles. The number of ether oxygens (including phenoxy) is 2. The molecule has 1 saturated heterocycles. The summed E-state index contributed by atoms with van der Waals surface area (Å²) in [5.74, 6) is 1.49. The van der Waals surface area contributed by atoms with Crippen molar-refractivity contribution >= 4 is 22.5 Å². The molecule has 36 heavy (non-hydrogen) atoms. The van der Waals surface area contributed by atoms with Gasteiger partial charge in [0.25, 0.3) is 0 Å². The molecular weight excluding hydrogens is 476 g/mol. The Bertz CT molecular complexity index is 1310. The number of rotatable bonds is 9. The first-order valence-electron chi connectivity index (χ1n) is 12.4. The molecule has 190 valence electrons. The summed E-state index contributed by atoms with van der Waals surface area (Å²) < 4.78 is 13.9. The van der Waals surface area contributed by atoms with Crippen molar-refractivity contribution in [2.45, 2.75) is 32.4 Å². The molecule has 1 aliphatic heterocycles. The molecule has 1 atom stereocenters. The van der Waals surface area contributed by atoms with Gasteiger partial charge in [-0.2, -0.15) is 5.10 Å². The van der Waals surface area contributed by atoms with Crippen LogP contribution in [0.5, 0.6) is 11.5 Å². The molecular formula is C27H33ClN6O2. The van der Waals surface area contributed by atoms with Gasteiger partial charge in [0.1, 0.15) is 0 Å². The zero-order valence-electron chi connectivity index (χ0n) is 21.1. The van der Waals surface area contributed by atoms with Gasteiger partial charge in [-0.25, -0.2) is 4.98 Å². The van der Waals surface area contributed by atoms with Gasteiger partial charge in [-0.3, -0.25) is 9.58 Å². The lowest BCUT2D eigenvalue weighted by molar-refractivity contribution is 0.163. The fourth-order valence-corrected chi connectivity index (χ4v) is 5.46. The standard InChI is InChI=1S/C27H33ClN6O2/c1-18-19(5-4-6-22(18)28)7-8-23(33-11-9-29-10-12-33)26-21-15-32-34(16-20-14-30-17-31-20)24(21)13-25(35-2)27(26)36-3/h4-6,13-15,17,23,29H,7-12,16H2,1-3H3,(H,30,31). The number of aromatic nitrogens is 4. The number of nitrogens with one attached hydrogen (secondary N) is 2. The second-order valence-electron chi connectivity index (χ2n) is 9.20. The lowest BCUT2D eigenvalue weighted by Crippen LogP contribution is -2.45. The molecule has 2 aromatic heterocycles. The van der Waals surface area contributed by atoms with Crippen LogP contribution in [0.1, 0.15) is 34.8 Å². The fraction of sp³-hybridized carbons (Fsp3) is 0.407. The summed E-state index contributed by atoms with van der Waals surface area (Å²) in [7, 11) is 3.41. The average Bonchev–Trinajstić information content (AvgIpc) is 3.57. The van der Waals surface area contributed by atoms with Crippen molar-refractivity contribution in [3.63, 3.8) is 0 Å². The molecule has 1 fully saturated rings. The van der Waals surface area contributed by atoms with Crippen LogP contribution in [0.4, 0.5) is 0 Å². The van der Waals surface area contributed by atoms with Crippen LogP contribution in [0.3, 0.4) is 0 Å². The third kappa shape index (κ3) is 4.81. The maximum Gasteiger partial charge on any atom is 0.166 e. The van der Waals surface area contributed by atoms with Gasteiger partial charge in [0.15, 0.2) is 11.5 Å². The van der Waals surface area contributed by atoms with Crippen LogP contribution in [-0.2, 0) is 13.0 Å². The second-order valence-corrected chi connectivity index (χ2v) is 9.61. The highest BCUT2D eigenvalue weighted by Crippen LogP contribution is 2.44. The van der Waals surface area contributed by atoms with Crippen LogP contribution in [0.25, 0.3) is 10.9 Å². The predicted octanol–water partition coefficient (Wildman–Crippen LogP) is 4.37. The minimum atomic E-state index is 0.128. The Balaban J connectivity index is 1.61. The van der Waals surface area contributed by atoms with Crippen molar-refractivity contribution in [2.75, 3.05) is 40.4 Å². The number of fused-ring (bicyclic) bond motifs is 1. The molecule has 3 heterocycles. The van der Waals surface area contributed by atoms with Gasteiger partial charge in [-0.1, -0.05) is 23.7 Å². The highest BCUT2D eigenvalue weighted by molar-refractivity contribution is 6.31. The molecule has 0 saturated carbocycles. The molecule has 5 rings (SSSR count). The van der Waals surface area contributed by atoms with E-state index >= 15 is 0 Å². The van der Waals surface area contributed by atoms with E-state index in [0.29, 0.717) is 12.3 Å². The van der Waals surface area contributed by atoms with E-state index in [0.717, 1.165) is 77.5 Å². The van der Waals surface area contributed by atoms with Crippen LogP contribution in [0, 0.1) is 6.92 Å². The first-order valence-corrected chi connectivity index (χ1v) is 12.7. The Morgan fingerprint density at radius 3 is 2.69 bits per heavy atom. The Kier molecular flexibility index (Phi) is 7.46. The van der Waals surface area contributed by atoms with E-state index in [1.54, 1.807) is 20.5 Å². The van der Waals surface area contributed by atoms with Gasteiger partial charge in [0.2, 0.25) is 0 Å². The summed E-state index contributed by atoms with van der Waals surface area (Å²) in [6.45, 7) is 6.54. The van der Waals surface area contributed by atoms with Gasteiger partial charge < -0.3 is 19.8 Å². The molecule has 4 aromatic rings. The van der Waals surface area contributed by atoms with Crippen molar-refractivity contribution < 1.29 is 9.47 Å². The number of imidazole rings is 1. The third-order valence-corrected chi connectivity index (χ3v) is 7.61. The normalized spacial score (nSPS) is 15.3. The van der Waals surface area contributed by atoms with Gasteiger partial charge in [-0.15, -0.1) is 0 Å². The first-order chi connectivity index (χ1) is 17.6. The van der Waals surface area contributed by atoms with Gasteiger partial charge in [0.05, 0.1) is 44.5 Å². The molecule has 1 unspecified atom stereocenters. The van der Waals surface area contributed by atoms with Gasteiger partial charge in [-0.05, 0) is 37.0 Å². The van der Waals surface area contributed by atoms with E-state index in [2.05, 4.69) is 33.2 Å². The number of aryl methyl sites for hydroxylation is 1. The third-order valence-electron chi connectivity index (χ3n) is 7.20. The Labute approximate surface area is 216 Å². The van der Waals surface area contributed by atoms with Crippen molar-refractivity contribution in [2.24, 2.45) is 0 Å². The summed E-state index contributed by atoms with van der Waals surface area (Å²) in [6, 6.07) is 8.32. The summed E-state index contributed by atoms with van der Waals surface area (Å²) in [4.78, 5) is 9.88. The lowest BCUT2D eigenvalue weighted by Gasteiger charge is -2.36. The van der Waals surface area contributed by atoms with Gasteiger partial charge >= 0.3 is 0 Å². The Hall–Kier alpha value is -3.07. The van der Waals surface area contributed by atoms with Crippen molar-refractivity contribution in [1.82, 2.24) is 30.0 Å². The zero-order valence-corrected chi connectivity index (χ0v) is 21.8. The van der Waals surface area contributed by atoms with Crippen LogP contribution >= 0.6 is 11.6 Å². The zero-order chi connectivity index (χ0) is 25.1. The highest BCUT2D eigenvalue weighted by atomic mass is 35.5. The number of nitrogens with zero attached hydrogens (tertiary/aromatic N) is 4. The Morgan fingerprint density at radius 1 is 1.14 bits per heavy atom. The summed E-state index contributed by atoms with van der Waals surface area (Å²) in [6.07, 6.45) is 7.31. The largest absolute Gasteiger partial charge is 0.493 e. The smallest absolute Gasteiger partial charge is 0.166 e. The summed E-state index contributed by atoms with van der Waals surface area (Å²) >= 11 is 6.45. The molecule has 1 aliphatic rings. The number of benzene rings is 2. The maximum absolute atomic E-state index is 6.45. The van der Waals surface area contributed by atoms with Crippen LogP contribution in [0.15, 0.2) is 43.0 Å². The number of methoxy groups -OCH3 is 2. The number of halogens is 1. The van der Waals surface area contributed by atoms with E-state index in [9.17, 15) is 0 Å². The molecule has 0 radical (unpaired) electrons. The predicted molar refractivity (Wildman–Crippen MR) is 142 cm³/mol. The highest BCUT2D eigenvalue weighted by Gasteiger charge is 2.30. The molecule has 0 amide bonds. The maximum atomic E-state index is 6.45. The molecule has 0 spiro atoms. The minimum absolute atomic E-state index is 0.128. The lowest BCUT2D eigenvalue weighted by atomic mass is 9.92. The average molecular weight is 509 g/mol. The van der Waals surface area contributed by atoms with Crippen LogP contribution in [0.2, 0.25) is 5.02 Å². The summed E-state index contributed by atoms with van der Waals surface area (Å²) in [5.41, 5.74) is 5.55. The monoisotopic (exact) mass is 508 g/mol. The van der Waals surface area contributed by atoms with Crippen molar-refractivity contribution in [3.8, 4) is 11.5 Å². The van der Waals surface area contributed by atoms with E-state index < -0.39 is 0 Å². The topological polar surface area (TPSA) is 80.2 Å². The second kappa shape index (κ2) is 10.9. The minimum Gasteiger partial charge on any atom is -0.493 e. The van der Waals surface area contributed by atoms with E-state index in [1.807, 2.05) is 35.3 Å². The number of hydrogen-bond donors (Lipinski definition) is 2.